The Balaban J connectivity index is 2.55. The summed E-state index contributed by atoms with van der Waals surface area (Å²) in [7, 11) is 1.66. The zero-order valence-electron chi connectivity index (χ0n) is 11.7. The van der Waals surface area contributed by atoms with Crippen molar-refractivity contribution in [3.8, 4) is 0 Å². The molecule has 0 aromatic rings. The van der Waals surface area contributed by atoms with Crippen molar-refractivity contribution in [2.24, 2.45) is 5.92 Å². The van der Waals surface area contributed by atoms with Gasteiger partial charge < -0.3 is 15.0 Å². The first-order valence-corrected chi connectivity index (χ1v) is 6.13. The van der Waals surface area contributed by atoms with E-state index in [1.807, 2.05) is 27.7 Å². The highest BCUT2D eigenvalue weighted by Crippen LogP contribution is 2.16. The zero-order chi connectivity index (χ0) is 13.9. The van der Waals surface area contributed by atoms with Crippen molar-refractivity contribution in [1.29, 1.82) is 0 Å². The van der Waals surface area contributed by atoms with Crippen LogP contribution in [0, 0.1) is 5.92 Å². The van der Waals surface area contributed by atoms with Crippen molar-refractivity contribution in [2.75, 3.05) is 20.1 Å². The lowest BCUT2D eigenvalue weighted by Crippen LogP contribution is -2.34. The van der Waals surface area contributed by atoms with Gasteiger partial charge in [0.2, 0.25) is 5.91 Å². The van der Waals surface area contributed by atoms with E-state index in [0.717, 1.165) is 5.57 Å². The molecule has 18 heavy (non-hydrogen) atoms. The van der Waals surface area contributed by atoms with E-state index < -0.39 is 5.60 Å². The Kier molecular flexibility index (Phi) is 4.38. The van der Waals surface area contributed by atoms with E-state index in [1.165, 1.54) is 4.90 Å². The van der Waals surface area contributed by atoms with Crippen molar-refractivity contribution in [2.45, 2.75) is 33.3 Å². The van der Waals surface area contributed by atoms with Gasteiger partial charge in [-0.1, -0.05) is 13.0 Å². The van der Waals surface area contributed by atoms with Crippen LogP contribution in [0.5, 0.6) is 0 Å². The van der Waals surface area contributed by atoms with Crippen molar-refractivity contribution in [3.05, 3.63) is 11.6 Å². The van der Waals surface area contributed by atoms with Gasteiger partial charge >= 0.3 is 6.09 Å². The summed E-state index contributed by atoms with van der Waals surface area (Å²) in [5.41, 5.74) is 0.238. The van der Waals surface area contributed by atoms with Crippen molar-refractivity contribution in [1.82, 2.24) is 10.2 Å². The van der Waals surface area contributed by atoms with Crippen LogP contribution in [0.3, 0.4) is 0 Å². The minimum atomic E-state index is -0.503. The Bertz CT molecular complexity index is 369. The molecule has 102 valence electrons. The van der Waals surface area contributed by atoms with E-state index in [9.17, 15) is 9.59 Å². The topological polar surface area (TPSA) is 58.6 Å². The summed E-state index contributed by atoms with van der Waals surface area (Å²) in [4.78, 5) is 24.6. The number of amides is 2. The second kappa shape index (κ2) is 5.42. The molecule has 1 aliphatic rings. The predicted molar refractivity (Wildman–Crippen MR) is 69.1 cm³/mol. The molecule has 1 saturated heterocycles. The smallest absolute Gasteiger partial charge is 0.410 e. The van der Waals surface area contributed by atoms with E-state index in [4.69, 9.17) is 4.74 Å². The van der Waals surface area contributed by atoms with Crippen LogP contribution in [0.2, 0.25) is 0 Å². The normalized spacial score (nSPS) is 21.9. The third kappa shape index (κ3) is 4.05. The number of rotatable bonds is 2. The van der Waals surface area contributed by atoms with Crippen LogP contribution in [-0.4, -0.2) is 42.6 Å². The minimum absolute atomic E-state index is 0.0416. The minimum Gasteiger partial charge on any atom is -0.444 e. The molecule has 1 atom stereocenters. The van der Waals surface area contributed by atoms with Gasteiger partial charge in [0.25, 0.3) is 0 Å². The molecule has 1 aliphatic heterocycles. The van der Waals surface area contributed by atoms with Crippen molar-refractivity contribution < 1.29 is 14.3 Å². The van der Waals surface area contributed by atoms with Gasteiger partial charge in [-0.3, -0.25) is 4.79 Å². The molecule has 1 fully saturated rings. The Morgan fingerprint density at radius 1 is 1.56 bits per heavy atom. The lowest BCUT2D eigenvalue weighted by molar-refractivity contribution is -0.116. The number of likely N-dealkylation sites (N-methyl/N-ethyl adjacent to an activating group) is 1. The first-order chi connectivity index (χ1) is 8.20. The van der Waals surface area contributed by atoms with Crippen LogP contribution in [-0.2, 0) is 9.53 Å². The largest absolute Gasteiger partial charge is 0.444 e. The molecule has 0 bridgehead atoms. The van der Waals surface area contributed by atoms with Gasteiger partial charge in [0.15, 0.2) is 0 Å². The van der Waals surface area contributed by atoms with Crippen molar-refractivity contribution in [3.63, 3.8) is 0 Å². The Morgan fingerprint density at radius 3 is 2.61 bits per heavy atom. The molecular weight excluding hydrogens is 232 g/mol. The fourth-order valence-electron chi connectivity index (χ4n) is 1.63. The van der Waals surface area contributed by atoms with Gasteiger partial charge in [0, 0.05) is 31.6 Å². The maximum atomic E-state index is 11.7. The molecule has 1 heterocycles. The fourth-order valence-corrected chi connectivity index (χ4v) is 1.63. The van der Waals surface area contributed by atoms with E-state index in [1.54, 1.807) is 13.1 Å². The average Bonchev–Trinajstić information content (AvgIpc) is 2.53. The van der Waals surface area contributed by atoms with Gasteiger partial charge in [-0.15, -0.1) is 0 Å². The Hall–Kier alpha value is -1.52. The third-order valence-corrected chi connectivity index (χ3v) is 2.65. The summed E-state index contributed by atoms with van der Waals surface area (Å²) >= 11 is 0. The third-order valence-electron chi connectivity index (χ3n) is 2.65. The molecule has 0 spiro atoms. The number of nitrogens with one attached hydrogen (secondary N) is 1. The SMILES string of the molecule is CC1CNC(=O)/C1=C/CN(C)C(=O)OC(C)(C)C. The molecule has 5 heteroatoms. The molecule has 1 N–H and O–H groups in total. The van der Waals surface area contributed by atoms with Crippen LogP contribution < -0.4 is 5.32 Å². The quantitative estimate of drug-likeness (QED) is 0.761. The molecule has 2 amide bonds. The highest BCUT2D eigenvalue weighted by Gasteiger charge is 2.24. The van der Waals surface area contributed by atoms with Crippen molar-refractivity contribution >= 4 is 12.0 Å². The maximum absolute atomic E-state index is 11.7. The van der Waals surface area contributed by atoms with E-state index >= 15 is 0 Å². The van der Waals surface area contributed by atoms with Crippen LogP contribution in [0.25, 0.3) is 0 Å². The summed E-state index contributed by atoms with van der Waals surface area (Å²) in [5.74, 6) is 0.157. The first kappa shape index (κ1) is 14.5. The molecule has 1 unspecified atom stereocenters. The molecule has 1 rings (SSSR count). The Labute approximate surface area is 108 Å². The van der Waals surface area contributed by atoms with Crippen LogP contribution in [0.1, 0.15) is 27.7 Å². The highest BCUT2D eigenvalue weighted by atomic mass is 16.6. The number of hydrogen-bond donors (Lipinski definition) is 1. The maximum Gasteiger partial charge on any atom is 0.410 e. The Morgan fingerprint density at radius 2 is 2.17 bits per heavy atom. The average molecular weight is 254 g/mol. The van der Waals surface area contributed by atoms with E-state index in [-0.39, 0.29) is 17.9 Å². The van der Waals surface area contributed by atoms with Gasteiger partial charge in [0.05, 0.1) is 0 Å². The van der Waals surface area contributed by atoms with Gasteiger partial charge in [-0.05, 0) is 20.8 Å². The van der Waals surface area contributed by atoms with Crippen LogP contribution in [0.4, 0.5) is 4.79 Å². The van der Waals surface area contributed by atoms with E-state index in [2.05, 4.69) is 5.32 Å². The molecule has 0 aromatic carbocycles. The summed E-state index contributed by atoms with van der Waals surface area (Å²) in [5, 5.41) is 2.77. The van der Waals surface area contributed by atoms with Crippen LogP contribution >= 0.6 is 0 Å². The summed E-state index contributed by atoms with van der Waals surface area (Å²) in [6.45, 7) is 8.50. The number of carbonyl (C=O) groups is 2. The lowest BCUT2D eigenvalue weighted by atomic mass is 10.0. The van der Waals surface area contributed by atoms with Gasteiger partial charge in [0.1, 0.15) is 5.60 Å². The molecule has 0 aliphatic carbocycles. The molecule has 0 radical (unpaired) electrons. The number of carbonyl (C=O) groups excluding carboxylic acids is 2. The summed E-state index contributed by atoms with van der Waals surface area (Å²) in [6.07, 6.45) is 1.40. The number of ether oxygens (including phenoxy) is 1. The number of hydrogen-bond acceptors (Lipinski definition) is 3. The molecule has 5 nitrogen and oxygen atoms in total. The predicted octanol–water partition coefficient (Wildman–Crippen LogP) is 1.55. The summed E-state index contributed by atoms with van der Waals surface area (Å²) < 4.78 is 5.23. The highest BCUT2D eigenvalue weighted by molar-refractivity contribution is 5.96. The first-order valence-electron chi connectivity index (χ1n) is 6.13. The molecule has 0 saturated carbocycles. The molecule has 0 aromatic heterocycles. The molecular formula is C13H22N2O3. The standard InChI is InChI=1S/C13H22N2O3/c1-9-8-14-11(16)10(9)6-7-15(5)12(17)18-13(2,3)4/h6,9H,7-8H2,1-5H3,(H,14,16)/b10-6+. The second-order valence-corrected chi connectivity index (χ2v) is 5.63. The fraction of sp³-hybridized carbons (Fsp3) is 0.692. The lowest BCUT2D eigenvalue weighted by Gasteiger charge is -2.24. The van der Waals surface area contributed by atoms with Crippen LogP contribution in [0.15, 0.2) is 11.6 Å². The second-order valence-electron chi connectivity index (χ2n) is 5.63. The zero-order valence-corrected chi connectivity index (χ0v) is 11.7. The summed E-state index contributed by atoms with van der Waals surface area (Å²) in [6, 6.07) is 0. The monoisotopic (exact) mass is 254 g/mol. The van der Waals surface area contributed by atoms with E-state index in [0.29, 0.717) is 13.1 Å². The number of nitrogens with zero attached hydrogens (tertiary/aromatic N) is 1. The van der Waals surface area contributed by atoms with Gasteiger partial charge in [-0.25, -0.2) is 4.79 Å². The van der Waals surface area contributed by atoms with Gasteiger partial charge in [-0.2, -0.15) is 0 Å².